The van der Waals surface area contributed by atoms with Gasteiger partial charge in [0.1, 0.15) is 6.54 Å². The van der Waals surface area contributed by atoms with Crippen molar-refractivity contribution in [1.29, 1.82) is 0 Å². The maximum Gasteiger partial charge on any atom is 0.325 e. The highest BCUT2D eigenvalue weighted by atomic mass is 16.7. The van der Waals surface area contributed by atoms with Gasteiger partial charge in [0.15, 0.2) is 0 Å². The molecule has 4 heteroatoms. The molecule has 0 heterocycles. The van der Waals surface area contributed by atoms with E-state index in [1.165, 1.54) is 5.06 Å². The van der Waals surface area contributed by atoms with Crippen LogP contribution in [-0.2, 0) is 9.63 Å². The Labute approximate surface area is 82.7 Å². The molecule has 0 bridgehead atoms. The fraction of sp³-hybridized carbons (Fsp3) is 0.300. The molecule has 1 rings (SSSR count). The van der Waals surface area contributed by atoms with E-state index < -0.39 is 5.97 Å². The first-order valence-electron chi connectivity index (χ1n) is 4.41. The number of aliphatic carboxylic acids is 1. The number of carbonyl (C=O) groups is 1. The van der Waals surface area contributed by atoms with Crippen LogP contribution in [0.15, 0.2) is 30.3 Å². The quantitative estimate of drug-likeness (QED) is 0.724. The van der Waals surface area contributed by atoms with Crippen molar-refractivity contribution in [3.63, 3.8) is 0 Å². The van der Waals surface area contributed by atoms with Crippen LogP contribution in [0, 0.1) is 0 Å². The van der Waals surface area contributed by atoms with Gasteiger partial charge in [-0.25, -0.2) is 5.06 Å². The zero-order valence-electron chi connectivity index (χ0n) is 8.01. The summed E-state index contributed by atoms with van der Waals surface area (Å²) >= 11 is 0. The van der Waals surface area contributed by atoms with Gasteiger partial charge in [-0.2, -0.15) is 0 Å². The molecule has 0 fully saturated rings. The van der Waals surface area contributed by atoms with Gasteiger partial charge in [0.05, 0.1) is 12.3 Å². The Bertz CT molecular complexity index is 287. The Morgan fingerprint density at radius 3 is 2.57 bits per heavy atom. The predicted molar refractivity (Wildman–Crippen MR) is 53.0 cm³/mol. The molecule has 0 radical (unpaired) electrons. The Morgan fingerprint density at radius 2 is 2.07 bits per heavy atom. The topological polar surface area (TPSA) is 49.8 Å². The summed E-state index contributed by atoms with van der Waals surface area (Å²) in [4.78, 5) is 15.7. The molecular formula is C10H13NO3. The van der Waals surface area contributed by atoms with Crippen LogP contribution >= 0.6 is 0 Å². The van der Waals surface area contributed by atoms with Gasteiger partial charge < -0.3 is 5.11 Å². The number of hydrogen-bond donors (Lipinski definition) is 1. The summed E-state index contributed by atoms with van der Waals surface area (Å²) < 4.78 is 0. The minimum atomic E-state index is -0.915. The van der Waals surface area contributed by atoms with Crippen LogP contribution in [0.5, 0.6) is 0 Å². The van der Waals surface area contributed by atoms with E-state index in [9.17, 15) is 4.79 Å². The predicted octanol–water partition coefficient (Wildman–Crippen LogP) is 1.53. The van der Waals surface area contributed by atoms with Gasteiger partial charge in [-0.3, -0.25) is 9.63 Å². The molecule has 0 unspecified atom stereocenters. The summed E-state index contributed by atoms with van der Waals surface area (Å²) in [6.07, 6.45) is 0. The van der Waals surface area contributed by atoms with E-state index >= 15 is 0 Å². The molecule has 0 aliphatic carbocycles. The lowest BCUT2D eigenvalue weighted by Crippen LogP contribution is -2.29. The third kappa shape index (κ3) is 3.06. The average molecular weight is 195 g/mol. The Hall–Kier alpha value is -1.55. The molecule has 1 N–H and O–H groups in total. The van der Waals surface area contributed by atoms with Crippen LogP contribution in [0.4, 0.5) is 5.69 Å². The van der Waals surface area contributed by atoms with Gasteiger partial charge in [-0.05, 0) is 19.1 Å². The molecule has 0 aromatic heterocycles. The second kappa shape index (κ2) is 5.24. The SMILES string of the molecule is CCON(CC(=O)O)c1ccccc1. The molecule has 0 spiro atoms. The maximum atomic E-state index is 10.5. The molecule has 0 atom stereocenters. The smallest absolute Gasteiger partial charge is 0.325 e. The first-order valence-corrected chi connectivity index (χ1v) is 4.41. The number of hydrogen-bond acceptors (Lipinski definition) is 3. The van der Waals surface area contributed by atoms with E-state index in [4.69, 9.17) is 9.94 Å². The van der Waals surface area contributed by atoms with Crippen molar-refractivity contribution in [3.05, 3.63) is 30.3 Å². The standard InChI is InChI=1S/C10H13NO3/c1-2-14-11(8-10(12)13)9-6-4-3-5-7-9/h3-7H,2,8H2,1H3,(H,12,13). The second-order valence-corrected chi connectivity index (χ2v) is 2.68. The van der Waals surface area contributed by atoms with E-state index in [-0.39, 0.29) is 6.54 Å². The first kappa shape index (κ1) is 10.5. The molecule has 0 aliphatic rings. The van der Waals surface area contributed by atoms with E-state index in [0.29, 0.717) is 6.61 Å². The van der Waals surface area contributed by atoms with Crippen LogP contribution in [0.2, 0.25) is 0 Å². The maximum absolute atomic E-state index is 10.5. The molecule has 0 amide bonds. The summed E-state index contributed by atoms with van der Waals surface area (Å²) in [7, 11) is 0. The lowest BCUT2D eigenvalue weighted by atomic mass is 10.3. The van der Waals surface area contributed by atoms with Crippen LogP contribution in [0.1, 0.15) is 6.92 Å². The fourth-order valence-electron chi connectivity index (χ4n) is 1.08. The molecule has 0 saturated heterocycles. The molecule has 4 nitrogen and oxygen atoms in total. The Kier molecular flexibility index (Phi) is 3.94. The number of benzene rings is 1. The van der Waals surface area contributed by atoms with Crippen molar-refractivity contribution in [2.75, 3.05) is 18.2 Å². The van der Waals surface area contributed by atoms with Crippen molar-refractivity contribution >= 4 is 11.7 Å². The van der Waals surface area contributed by atoms with Gasteiger partial charge in [-0.15, -0.1) is 0 Å². The summed E-state index contributed by atoms with van der Waals surface area (Å²) in [5.74, 6) is -0.915. The van der Waals surface area contributed by atoms with Gasteiger partial charge >= 0.3 is 5.97 Å². The van der Waals surface area contributed by atoms with Crippen molar-refractivity contribution < 1.29 is 14.7 Å². The van der Waals surface area contributed by atoms with Gasteiger partial charge in [0, 0.05) is 0 Å². The fourth-order valence-corrected chi connectivity index (χ4v) is 1.08. The highest BCUT2D eigenvalue weighted by molar-refractivity contribution is 5.72. The van der Waals surface area contributed by atoms with Crippen LogP contribution in [0.25, 0.3) is 0 Å². The van der Waals surface area contributed by atoms with Crippen molar-refractivity contribution in [2.24, 2.45) is 0 Å². The zero-order valence-corrected chi connectivity index (χ0v) is 8.01. The normalized spacial score (nSPS) is 9.79. The Morgan fingerprint density at radius 1 is 1.43 bits per heavy atom. The molecule has 1 aromatic rings. The third-order valence-electron chi connectivity index (χ3n) is 1.61. The van der Waals surface area contributed by atoms with Gasteiger partial charge in [0.2, 0.25) is 0 Å². The van der Waals surface area contributed by atoms with E-state index in [1.807, 2.05) is 25.1 Å². The van der Waals surface area contributed by atoms with E-state index in [1.54, 1.807) is 12.1 Å². The van der Waals surface area contributed by atoms with Crippen LogP contribution in [-0.4, -0.2) is 24.2 Å². The molecule has 1 aromatic carbocycles. The van der Waals surface area contributed by atoms with Crippen LogP contribution < -0.4 is 5.06 Å². The number of para-hydroxylation sites is 1. The summed E-state index contributed by atoms with van der Waals surface area (Å²) in [6.45, 7) is 2.11. The monoisotopic (exact) mass is 195 g/mol. The zero-order chi connectivity index (χ0) is 10.4. The molecule has 0 aliphatic heterocycles. The Balaban J connectivity index is 2.72. The highest BCUT2D eigenvalue weighted by Gasteiger charge is 2.09. The number of hydroxylamine groups is 1. The van der Waals surface area contributed by atoms with Crippen molar-refractivity contribution in [1.82, 2.24) is 0 Å². The second-order valence-electron chi connectivity index (χ2n) is 2.68. The third-order valence-corrected chi connectivity index (χ3v) is 1.61. The van der Waals surface area contributed by atoms with E-state index in [2.05, 4.69) is 0 Å². The molecule has 0 saturated carbocycles. The summed E-state index contributed by atoms with van der Waals surface area (Å²) in [5.41, 5.74) is 0.747. The van der Waals surface area contributed by atoms with Crippen LogP contribution in [0.3, 0.4) is 0 Å². The van der Waals surface area contributed by atoms with E-state index in [0.717, 1.165) is 5.69 Å². The molecular weight excluding hydrogens is 182 g/mol. The number of rotatable bonds is 5. The minimum Gasteiger partial charge on any atom is -0.480 e. The summed E-state index contributed by atoms with van der Waals surface area (Å²) in [5, 5.41) is 10.0. The number of anilines is 1. The summed E-state index contributed by atoms with van der Waals surface area (Å²) in [6, 6.07) is 9.15. The lowest BCUT2D eigenvalue weighted by molar-refractivity contribution is -0.136. The number of carboxylic acids is 1. The number of nitrogens with zero attached hydrogens (tertiary/aromatic N) is 1. The lowest BCUT2D eigenvalue weighted by Gasteiger charge is -2.20. The van der Waals surface area contributed by atoms with Gasteiger partial charge in [-0.1, -0.05) is 18.2 Å². The largest absolute Gasteiger partial charge is 0.480 e. The molecule has 14 heavy (non-hydrogen) atoms. The first-order chi connectivity index (χ1) is 6.74. The van der Waals surface area contributed by atoms with Crippen molar-refractivity contribution in [3.8, 4) is 0 Å². The average Bonchev–Trinajstić information content (AvgIpc) is 2.18. The van der Waals surface area contributed by atoms with Gasteiger partial charge in [0.25, 0.3) is 0 Å². The van der Waals surface area contributed by atoms with Crippen molar-refractivity contribution in [2.45, 2.75) is 6.92 Å². The minimum absolute atomic E-state index is 0.155. The molecule has 76 valence electrons. The highest BCUT2D eigenvalue weighted by Crippen LogP contribution is 2.12. The number of carboxylic acid groups (broad SMARTS) is 1.